The number of fused-ring (bicyclic) bond motifs is 4. The van der Waals surface area contributed by atoms with Crippen molar-refractivity contribution in [2.75, 3.05) is 51.2 Å². The molecule has 0 bridgehead atoms. The number of anilines is 1. The second-order valence-electron chi connectivity index (χ2n) is 9.27. The average molecular weight is 460 g/mol. The van der Waals surface area contributed by atoms with Crippen LogP contribution in [-0.4, -0.2) is 65.7 Å². The molecule has 0 aliphatic carbocycles. The largest absolute Gasteiger partial charge is 0.369 e. The second kappa shape index (κ2) is 8.56. The maximum absolute atomic E-state index is 13.2. The number of thiophene rings is 1. The van der Waals surface area contributed by atoms with Gasteiger partial charge in [0.1, 0.15) is 4.83 Å². The number of hydrogen-bond donors (Lipinski definition) is 0. The third-order valence-corrected chi connectivity index (χ3v) is 8.27. The highest BCUT2D eigenvalue weighted by atomic mass is 32.1. The van der Waals surface area contributed by atoms with Crippen LogP contribution in [0.2, 0.25) is 0 Å². The van der Waals surface area contributed by atoms with Crippen LogP contribution in [0.5, 0.6) is 0 Å². The molecular weight excluding hydrogens is 430 g/mol. The molecule has 0 atom stereocenters. The molecule has 2 aliphatic heterocycles. The van der Waals surface area contributed by atoms with Crippen molar-refractivity contribution < 1.29 is 0 Å². The van der Waals surface area contributed by atoms with E-state index in [-0.39, 0.29) is 5.56 Å². The number of likely N-dealkylation sites (N-methyl/N-ethyl adjacent to an activating group) is 1. The van der Waals surface area contributed by atoms with Gasteiger partial charge in [-0.2, -0.15) is 0 Å². The summed E-state index contributed by atoms with van der Waals surface area (Å²) in [6.07, 6.45) is 2.70. The van der Waals surface area contributed by atoms with Crippen molar-refractivity contribution in [1.82, 2.24) is 19.4 Å². The SMILES string of the molecule is CN1CCc2c(sc3ncn(CCN4CCN(c5ccc6ccccc6c5)CC4)c(=O)c23)C1. The summed E-state index contributed by atoms with van der Waals surface area (Å²) in [5.41, 5.74) is 2.67. The van der Waals surface area contributed by atoms with Crippen molar-refractivity contribution in [2.45, 2.75) is 19.5 Å². The lowest BCUT2D eigenvalue weighted by Gasteiger charge is -2.36. The topological polar surface area (TPSA) is 44.6 Å². The van der Waals surface area contributed by atoms with E-state index in [1.807, 2.05) is 4.57 Å². The Labute approximate surface area is 197 Å². The highest BCUT2D eigenvalue weighted by molar-refractivity contribution is 7.18. The van der Waals surface area contributed by atoms with E-state index in [1.165, 1.54) is 26.9 Å². The number of rotatable bonds is 4. The van der Waals surface area contributed by atoms with E-state index in [0.717, 1.165) is 62.5 Å². The number of benzene rings is 2. The van der Waals surface area contributed by atoms with Gasteiger partial charge in [-0.25, -0.2) is 4.98 Å². The van der Waals surface area contributed by atoms with E-state index in [9.17, 15) is 4.79 Å². The summed E-state index contributed by atoms with van der Waals surface area (Å²) in [6, 6.07) is 15.3. The molecule has 7 heteroatoms. The third kappa shape index (κ3) is 3.94. The smallest absolute Gasteiger partial charge is 0.262 e. The fourth-order valence-corrected chi connectivity index (χ4v) is 6.42. The molecule has 0 amide bonds. The number of aromatic nitrogens is 2. The fraction of sp³-hybridized carbons (Fsp3) is 0.385. The molecule has 0 saturated carbocycles. The Hall–Kier alpha value is -2.74. The molecule has 33 heavy (non-hydrogen) atoms. The van der Waals surface area contributed by atoms with Gasteiger partial charge in [-0.1, -0.05) is 30.3 Å². The monoisotopic (exact) mass is 459 g/mol. The van der Waals surface area contributed by atoms with Gasteiger partial charge in [-0.05, 0) is 41.9 Å². The van der Waals surface area contributed by atoms with Gasteiger partial charge in [0.05, 0.1) is 11.7 Å². The Balaban J connectivity index is 1.12. The Morgan fingerprint density at radius 1 is 0.970 bits per heavy atom. The summed E-state index contributed by atoms with van der Waals surface area (Å²) in [7, 11) is 2.14. The van der Waals surface area contributed by atoms with Crippen molar-refractivity contribution in [1.29, 1.82) is 0 Å². The molecule has 2 aromatic heterocycles. The zero-order valence-electron chi connectivity index (χ0n) is 19.0. The van der Waals surface area contributed by atoms with Crippen LogP contribution >= 0.6 is 11.3 Å². The quantitative estimate of drug-likeness (QED) is 0.468. The normalized spacial score (nSPS) is 17.7. The molecule has 6 rings (SSSR count). The fourth-order valence-electron chi connectivity index (χ4n) is 5.16. The number of piperazine rings is 1. The Morgan fingerprint density at radius 3 is 2.64 bits per heavy atom. The van der Waals surface area contributed by atoms with Crippen molar-refractivity contribution in [3.63, 3.8) is 0 Å². The summed E-state index contributed by atoms with van der Waals surface area (Å²) in [4.78, 5) is 27.4. The first-order valence-corrected chi connectivity index (χ1v) is 12.6. The zero-order valence-corrected chi connectivity index (χ0v) is 19.9. The zero-order chi connectivity index (χ0) is 22.4. The molecule has 2 aliphatic rings. The summed E-state index contributed by atoms with van der Waals surface area (Å²) in [5, 5.41) is 3.45. The summed E-state index contributed by atoms with van der Waals surface area (Å²) < 4.78 is 1.82. The highest BCUT2D eigenvalue weighted by Gasteiger charge is 2.23. The van der Waals surface area contributed by atoms with Gasteiger partial charge < -0.3 is 9.80 Å². The van der Waals surface area contributed by atoms with E-state index in [1.54, 1.807) is 17.7 Å². The van der Waals surface area contributed by atoms with Gasteiger partial charge in [0, 0.05) is 62.9 Å². The Bertz CT molecular complexity index is 1370. The lowest BCUT2D eigenvalue weighted by Crippen LogP contribution is -2.47. The molecule has 1 fully saturated rings. The molecule has 0 unspecified atom stereocenters. The minimum Gasteiger partial charge on any atom is -0.369 e. The van der Waals surface area contributed by atoms with Crippen LogP contribution in [0.3, 0.4) is 0 Å². The van der Waals surface area contributed by atoms with Crippen molar-refractivity contribution in [2.24, 2.45) is 0 Å². The summed E-state index contributed by atoms with van der Waals surface area (Å²) >= 11 is 1.69. The van der Waals surface area contributed by atoms with Crippen LogP contribution in [0.1, 0.15) is 10.4 Å². The van der Waals surface area contributed by atoms with E-state index < -0.39 is 0 Å². The molecule has 4 aromatic rings. The Morgan fingerprint density at radius 2 is 1.79 bits per heavy atom. The van der Waals surface area contributed by atoms with Crippen LogP contribution in [-0.2, 0) is 19.5 Å². The minimum atomic E-state index is 0.136. The maximum Gasteiger partial charge on any atom is 0.262 e. The molecule has 1 saturated heterocycles. The Kier molecular flexibility index (Phi) is 5.40. The minimum absolute atomic E-state index is 0.136. The average Bonchev–Trinajstić information content (AvgIpc) is 3.22. The van der Waals surface area contributed by atoms with E-state index in [2.05, 4.69) is 69.2 Å². The van der Waals surface area contributed by atoms with Crippen LogP contribution < -0.4 is 10.5 Å². The lowest BCUT2D eigenvalue weighted by molar-refractivity contribution is 0.247. The van der Waals surface area contributed by atoms with Gasteiger partial charge in [-0.15, -0.1) is 11.3 Å². The molecule has 0 radical (unpaired) electrons. The van der Waals surface area contributed by atoms with Crippen molar-refractivity contribution in [3.05, 3.63) is 69.6 Å². The van der Waals surface area contributed by atoms with Gasteiger partial charge >= 0.3 is 0 Å². The summed E-state index contributed by atoms with van der Waals surface area (Å²) in [5.74, 6) is 0. The van der Waals surface area contributed by atoms with E-state index in [4.69, 9.17) is 0 Å². The van der Waals surface area contributed by atoms with Gasteiger partial charge in [0.25, 0.3) is 5.56 Å². The van der Waals surface area contributed by atoms with E-state index in [0.29, 0.717) is 6.54 Å². The van der Waals surface area contributed by atoms with Gasteiger partial charge in [0.15, 0.2) is 0 Å². The molecular formula is C26H29N5OS. The number of nitrogens with zero attached hydrogens (tertiary/aromatic N) is 5. The number of hydrogen-bond acceptors (Lipinski definition) is 6. The van der Waals surface area contributed by atoms with Crippen LogP contribution in [0.25, 0.3) is 21.0 Å². The molecule has 0 N–H and O–H groups in total. The summed E-state index contributed by atoms with van der Waals surface area (Å²) in [6.45, 7) is 7.56. The molecule has 170 valence electrons. The van der Waals surface area contributed by atoms with E-state index >= 15 is 0 Å². The highest BCUT2D eigenvalue weighted by Crippen LogP contribution is 2.31. The second-order valence-corrected chi connectivity index (χ2v) is 10.4. The van der Waals surface area contributed by atoms with Crippen LogP contribution in [0.4, 0.5) is 5.69 Å². The van der Waals surface area contributed by atoms with Crippen molar-refractivity contribution >= 4 is 38.0 Å². The molecule has 0 spiro atoms. The molecule has 2 aromatic carbocycles. The molecule has 6 nitrogen and oxygen atoms in total. The predicted molar refractivity (Wildman–Crippen MR) is 137 cm³/mol. The van der Waals surface area contributed by atoms with Crippen molar-refractivity contribution in [3.8, 4) is 0 Å². The first kappa shape index (κ1) is 20.8. The maximum atomic E-state index is 13.2. The van der Waals surface area contributed by atoms with Gasteiger partial charge in [0.2, 0.25) is 0 Å². The standard InChI is InChI=1S/C26H29N5OS/c1-28-9-8-22-23(17-28)33-25-24(22)26(32)31(18-27-25)15-12-29-10-13-30(14-11-29)21-7-6-19-4-2-3-5-20(19)16-21/h2-7,16,18H,8-15,17H2,1H3. The predicted octanol–water partition coefficient (Wildman–Crippen LogP) is 3.42. The van der Waals surface area contributed by atoms with Crippen LogP contribution in [0, 0.1) is 0 Å². The first-order chi connectivity index (χ1) is 16.2. The first-order valence-electron chi connectivity index (χ1n) is 11.8. The van der Waals surface area contributed by atoms with Crippen LogP contribution in [0.15, 0.2) is 53.6 Å². The molecule has 4 heterocycles. The lowest BCUT2D eigenvalue weighted by atomic mass is 10.1. The van der Waals surface area contributed by atoms with Gasteiger partial charge in [-0.3, -0.25) is 14.3 Å². The third-order valence-electron chi connectivity index (χ3n) is 7.15.